The number of aromatic nitrogens is 1. The molecule has 3 N–H and O–H groups in total. The van der Waals surface area contributed by atoms with Gasteiger partial charge in [-0.1, -0.05) is 12.1 Å². The van der Waals surface area contributed by atoms with Crippen LogP contribution in [0.1, 0.15) is 12.8 Å². The first-order chi connectivity index (χ1) is 15.8. The number of methoxy groups -OCH3 is 1. The lowest BCUT2D eigenvalue weighted by atomic mass is 10.1. The molecule has 1 aliphatic heterocycles. The van der Waals surface area contributed by atoms with E-state index in [1.165, 1.54) is 18.1 Å². The molecule has 1 aliphatic carbocycles. The molecule has 0 unspecified atom stereocenters. The number of nitrogens with one attached hydrogen (secondary N) is 1. The first-order valence-corrected chi connectivity index (χ1v) is 12.2. The molecule has 1 atom stereocenters. The van der Waals surface area contributed by atoms with E-state index in [9.17, 15) is 18.0 Å². The van der Waals surface area contributed by atoms with Crippen molar-refractivity contribution in [2.24, 2.45) is 5.73 Å². The summed E-state index contributed by atoms with van der Waals surface area (Å²) < 4.78 is 34.1. The van der Waals surface area contributed by atoms with Gasteiger partial charge >= 0.3 is 0 Å². The maximum atomic E-state index is 13.3. The van der Waals surface area contributed by atoms with Crippen LogP contribution in [0.4, 0.5) is 0 Å². The smallest absolute Gasteiger partial charge is 0.250 e. The van der Waals surface area contributed by atoms with Crippen LogP contribution in [0.3, 0.4) is 0 Å². The number of carbonyl (C=O) groups excluding carboxylic acids is 2. The van der Waals surface area contributed by atoms with Gasteiger partial charge in [-0.25, -0.2) is 8.42 Å². The maximum Gasteiger partial charge on any atom is 0.250 e. The summed E-state index contributed by atoms with van der Waals surface area (Å²) in [6, 6.07) is 6.93. The molecular weight excluding hydrogens is 446 g/mol. The van der Waals surface area contributed by atoms with E-state index in [1.807, 2.05) is 0 Å². The lowest BCUT2D eigenvalue weighted by Gasteiger charge is -2.36. The molecule has 1 saturated heterocycles. The number of para-hydroxylation sites is 1. The zero-order valence-electron chi connectivity index (χ0n) is 18.3. The van der Waals surface area contributed by atoms with Crippen molar-refractivity contribution in [2.45, 2.75) is 29.8 Å². The molecule has 1 aromatic heterocycles. The summed E-state index contributed by atoms with van der Waals surface area (Å²) >= 11 is 0. The summed E-state index contributed by atoms with van der Waals surface area (Å²) in [5.41, 5.74) is 6.68. The molecule has 2 fully saturated rings. The number of ether oxygens (including phenoxy) is 1. The molecular formula is C22H27N5O5S. The van der Waals surface area contributed by atoms with Crippen LogP contribution < -0.4 is 15.2 Å². The molecule has 1 saturated carbocycles. The Hall–Kier alpha value is -3.02. The van der Waals surface area contributed by atoms with Crippen molar-refractivity contribution in [3.63, 3.8) is 0 Å². The molecule has 33 heavy (non-hydrogen) atoms. The van der Waals surface area contributed by atoms with Gasteiger partial charge in [-0.05, 0) is 36.6 Å². The molecule has 0 bridgehead atoms. The third-order valence-corrected chi connectivity index (χ3v) is 7.40. The number of rotatable bonds is 8. The monoisotopic (exact) mass is 473 g/mol. The number of amides is 2. The van der Waals surface area contributed by atoms with Gasteiger partial charge in [0.15, 0.2) is 6.04 Å². The second-order valence-electron chi connectivity index (χ2n) is 8.12. The summed E-state index contributed by atoms with van der Waals surface area (Å²) in [6.07, 6.45) is 5.49. The van der Waals surface area contributed by atoms with Crippen LogP contribution in [0, 0.1) is 0 Å². The van der Waals surface area contributed by atoms with Gasteiger partial charge < -0.3 is 15.4 Å². The number of pyridine rings is 1. The predicted octanol–water partition coefficient (Wildman–Crippen LogP) is 0.196. The van der Waals surface area contributed by atoms with Crippen molar-refractivity contribution in [2.75, 3.05) is 33.3 Å². The van der Waals surface area contributed by atoms with Gasteiger partial charge in [0, 0.05) is 50.2 Å². The van der Waals surface area contributed by atoms with Gasteiger partial charge in [0.2, 0.25) is 15.9 Å². The molecule has 1 aromatic carbocycles. The average molecular weight is 474 g/mol. The van der Waals surface area contributed by atoms with E-state index in [-0.39, 0.29) is 10.6 Å². The van der Waals surface area contributed by atoms with Gasteiger partial charge in [0.25, 0.3) is 5.91 Å². The van der Waals surface area contributed by atoms with E-state index in [0.717, 1.165) is 12.8 Å². The fraction of sp³-hybridized carbons (Fsp3) is 0.409. The number of hydrogen-bond donors (Lipinski definition) is 2. The zero-order valence-corrected chi connectivity index (χ0v) is 19.1. The fourth-order valence-electron chi connectivity index (χ4n) is 4.08. The Morgan fingerprint density at radius 2 is 1.79 bits per heavy atom. The molecule has 2 aromatic rings. The molecule has 11 heteroatoms. The van der Waals surface area contributed by atoms with Crippen molar-refractivity contribution < 1.29 is 22.7 Å². The van der Waals surface area contributed by atoms with Gasteiger partial charge in [0.05, 0.1) is 7.11 Å². The highest BCUT2D eigenvalue weighted by atomic mass is 32.2. The number of piperazine rings is 1. The maximum absolute atomic E-state index is 13.3. The second-order valence-corrected chi connectivity index (χ2v) is 9.80. The van der Waals surface area contributed by atoms with Gasteiger partial charge in [-0.3, -0.25) is 19.5 Å². The summed E-state index contributed by atoms with van der Waals surface area (Å²) in [5, 5.41) is 0. The molecule has 2 aliphatic rings. The minimum atomic E-state index is -4.33. The van der Waals surface area contributed by atoms with Crippen molar-refractivity contribution in [1.29, 1.82) is 0 Å². The average Bonchev–Trinajstić information content (AvgIpc) is 3.68. The van der Waals surface area contributed by atoms with Crippen LogP contribution in [0.2, 0.25) is 0 Å². The standard InChI is InChI=1S/C22H27N5O5S/c1-32-20-17(15-7-9-24-10-8-15)3-2-4-18(20)33(30,31)25-19(21(23)28)22(29)27-13-11-26(12-14-27)16-5-6-16/h2-4,7-10,16,19,25H,5-6,11-14H2,1H3,(H2,23,28)/t19-/m0/s1. The van der Waals surface area contributed by atoms with E-state index in [4.69, 9.17) is 10.5 Å². The van der Waals surface area contributed by atoms with Crippen molar-refractivity contribution in [3.8, 4) is 16.9 Å². The topological polar surface area (TPSA) is 135 Å². The van der Waals surface area contributed by atoms with Gasteiger partial charge in [-0.2, -0.15) is 4.72 Å². The number of carbonyl (C=O) groups is 2. The first-order valence-electron chi connectivity index (χ1n) is 10.7. The van der Waals surface area contributed by atoms with E-state index >= 15 is 0 Å². The summed E-state index contributed by atoms with van der Waals surface area (Å²) in [7, 11) is -2.97. The molecule has 0 spiro atoms. The second kappa shape index (κ2) is 9.46. The Balaban J connectivity index is 1.57. The predicted molar refractivity (Wildman–Crippen MR) is 121 cm³/mol. The molecule has 176 valence electrons. The SMILES string of the molecule is COc1c(-c2ccncc2)cccc1S(=O)(=O)N[C@@H](C(N)=O)C(=O)N1CCN(C2CC2)CC1. The molecule has 0 radical (unpaired) electrons. The van der Waals surface area contributed by atoms with Crippen LogP contribution in [-0.4, -0.2) is 80.4 Å². The minimum absolute atomic E-state index is 0.0879. The van der Waals surface area contributed by atoms with Crippen LogP contribution in [0.15, 0.2) is 47.6 Å². The Labute approximate surface area is 192 Å². The quantitative estimate of drug-likeness (QED) is 0.523. The summed E-state index contributed by atoms with van der Waals surface area (Å²) in [6.45, 7) is 2.22. The highest BCUT2D eigenvalue weighted by Gasteiger charge is 2.38. The number of primary amides is 1. The number of nitrogens with zero attached hydrogens (tertiary/aromatic N) is 3. The molecule has 4 rings (SSSR count). The highest BCUT2D eigenvalue weighted by Crippen LogP contribution is 2.35. The van der Waals surface area contributed by atoms with Crippen LogP contribution >= 0.6 is 0 Å². The Morgan fingerprint density at radius 3 is 2.36 bits per heavy atom. The molecule has 2 amide bonds. The fourth-order valence-corrected chi connectivity index (χ4v) is 5.42. The number of benzene rings is 1. The van der Waals surface area contributed by atoms with Crippen LogP contribution in [-0.2, 0) is 19.6 Å². The van der Waals surface area contributed by atoms with E-state index in [0.29, 0.717) is 43.3 Å². The van der Waals surface area contributed by atoms with E-state index < -0.39 is 27.9 Å². The molecule has 2 heterocycles. The summed E-state index contributed by atoms with van der Waals surface area (Å²) in [5.74, 6) is -1.62. The summed E-state index contributed by atoms with van der Waals surface area (Å²) in [4.78, 5) is 32.7. The van der Waals surface area contributed by atoms with Crippen molar-refractivity contribution in [3.05, 3.63) is 42.7 Å². The van der Waals surface area contributed by atoms with Crippen molar-refractivity contribution >= 4 is 21.8 Å². The minimum Gasteiger partial charge on any atom is -0.495 e. The van der Waals surface area contributed by atoms with E-state index in [1.54, 1.807) is 36.7 Å². The van der Waals surface area contributed by atoms with E-state index in [2.05, 4.69) is 14.6 Å². The normalized spacial score (nSPS) is 18.0. The first kappa shape index (κ1) is 23.1. The van der Waals surface area contributed by atoms with Crippen LogP contribution in [0.25, 0.3) is 11.1 Å². The zero-order chi connectivity index (χ0) is 23.6. The van der Waals surface area contributed by atoms with Crippen molar-refractivity contribution in [1.82, 2.24) is 19.5 Å². The van der Waals surface area contributed by atoms with Gasteiger partial charge in [-0.15, -0.1) is 0 Å². The number of hydrogen-bond acceptors (Lipinski definition) is 7. The number of nitrogens with two attached hydrogens (primary N) is 1. The Kier molecular flexibility index (Phi) is 6.63. The Bertz CT molecular complexity index is 1130. The third kappa shape index (κ3) is 5.00. The third-order valence-electron chi connectivity index (χ3n) is 5.96. The number of sulfonamides is 1. The lowest BCUT2D eigenvalue weighted by molar-refractivity contribution is -0.139. The van der Waals surface area contributed by atoms with Gasteiger partial charge in [0.1, 0.15) is 10.6 Å². The lowest BCUT2D eigenvalue weighted by Crippen LogP contribution is -2.58. The molecule has 10 nitrogen and oxygen atoms in total. The Morgan fingerprint density at radius 1 is 1.12 bits per heavy atom. The highest BCUT2D eigenvalue weighted by molar-refractivity contribution is 7.89. The largest absolute Gasteiger partial charge is 0.495 e. The van der Waals surface area contributed by atoms with Crippen LogP contribution in [0.5, 0.6) is 5.75 Å².